The fourth-order valence-electron chi connectivity index (χ4n) is 4.68. The van der Waals surface area contributed by atoms with Crippen LogP contribution in [0.1, 0.15) is 35.4 Å². The van der Waals surface area contributed by atoms with Crippen molar-refractivity contribution in [2.24, 2.45) is 0 Å². The van der Waals surface area contributed by atoms with Gasteiger partial charge in [0, 0.05) is 36.8 Å². The maximum Gasteiger partial charge on any atom is 0.407 e. The van der Waals surface area contributed by atoms with Gasteiger partial charge in [0.15, 0.2) is 0 Å². The van der Waals surface area contributed by atoms with Gasteiger partial charge in [0.1, 0.15) is 0 Å². The molecule has 1 aromatic heterocycles. The number of nitrogens with zero attached hydrogens (tertiary/aromatic N) is 3. The number of benzene rings is 2. The lowest BCUT2D eigenvalue weighted by Crippen LogP contribution is -2.44. The van der Waals surface area contributed by atoms with Crippen LogP contribution in [0.3, 0.4) is 0 Å². The highest BCUT2D eigenvalue weighted by Crippen LogP contribution is 2.42. The molecular weight excluding hydrogens is 447 g/mol. The number of anilines is 1. The van der Waals surface area contributed by atoms with E-state index in [9.17, 15) is 9.90 Å². The molecule has 2 aromatic carbocycles. The lowest BCUT2D eigenvalue weighted by molar-refractivity contribution is 0.132. The van der Waals surface area contributed by atoms with Crippen molar-refractivity contribution < 1.29 is 9.90 Å². The molecule has 2 N–H and O–H groups in total. The predicted octanol–water partition coefficient (Wildman–Crippen LogP) is 5.69. The number of rotatable bonds is 3. The van der Waals surface area contributed by atoms with E-state index in [0.29, 0.717) is 29.1 Å². The summed E-state index contributed by atoms with van der Waals surface area (Å²) in [5.74, 6) is 0.669. The number of fused-ring (bicyclic) bond motifs is 3. The Morgan fingerprint density at radius 1 is 1.16 bits per heavy atom. The zero-order valence-electron chi connectivity index (χ0n) is 17.3. The molecule has 2 heterocycles. The average molecular weight is 469 g/mol. The topological polar surface area (TPSA) is 78.4 Å². The summed E-state index contributed by atoms with van der Waals surface area (Å²) in [7, 11) is 0. The molecule has 0 saturated carbocycles. The van der Waals surface area contributed by atoms with E-state index in [1.54, 1.807) is 0 Å². The van der Waals surface area contributed by atoms with Crippen LogP contribution in [-0.2, 0) is 6.42 Å². The average Bonchev–Trinajstić information content (AvgIpc) is 2.80. The molecule has 164 valence electrons. The van der Waals surface area contributed by atoms with Crippen LogP contribution < -0.4 is 5.32 Å². The Bertz CT molecular complexity index is 1190. The second kappa shape index (κ2) is 8.60. The second-order valence-electron chi connectivity index (χ2n) is 8.30. The molecule has 3 aromatic rings. The number of piperidine rings is 1. The Kier molecular flexibility index (Phi) is 5.66. The lowest BCUT2D eigenvalue weighted by Gasteiger charge is -2.31. The molecule has 0 bridgehead atoms. The number of halogens is 2. The van der Waals surface area contributed by atoms with Crippen LogP contribution in [0.2, 0.25) is 10.0 Å². The summed E-state index contributed by atoms with van der Waals surface area (Å²) in [5, 5.41) is 13.7. The molecular formula is C24H22Cl2N4O2. The highest BCUT2D eigenvalue weighted by molar-refractivity contribution is 6.42. The summed E-state index contributed by atoms with van der Waals surface area (Å²) in [6.07, 6.45) is 3.47. The van der Waals surface area contributed by atoms with Crippen molar-refractivity contribution in [2.45, 2.75) is 31.2 Å². The third-order valence-electron chi connectivity index (χ3n) is 6.25. The van der Waals surface area contributed by atoms with Crippen molar-refractivity contribution in [3.05, 3.63) is 75.4 Å². The second-order valence-corrected chi connectivity index (χ2v) is 9.11. The van der Waals surface area contributed by atoms with Crippen molar-refractivity contribution in [2.75, 3.05) is 18.4 Å². The van der Waals surface area contributed by atoms with Gasteiger partial charge in [-0.2, -0.15) is 0 Å². The number of aromatic nitrogens is 2. The molecule has 0 radical (unpaired) electrons. The van der Waals surface area contributed by atoms with E-state index in [2.05, 4.69) is 22.4 Å². The third-order valence-corrected chi connectivity index (χ3v) is 6.99. The molecule has 5 rings (SSSR count). The first-order chi connectivity index (χ1) is 15.5. The SMILES string of the molecule is O=C(O)N1CCCC(Nc2ncc3c(n2)-c2ccccc2[C@@H](c2ccc(Cl)c(Cl)c2)C3)C1. The van der Waals surface area contributed by atoms with E-state index >= 15 is 0 Å². The normalized spacial score (nSPS) is 19.8. The third kappa shape index (κ3) is 4.00. The highest BCUT2D eigenvalue weighted by atomic mass is 35.5. The van der Waals surface area contributed by atoms with Crippen LogP contribution in [0, 0.1) is 0 Å². The van der Waals surface area contributed by atoms with E-state index in [1.807, 2.05) is 36.5 Å². The number of carboxylic acid groups (broad SMARTS) is 1. The molecule has 1 fully saturated rings. The monoisotopic (exact) mass is 468 g/mol. The Morgan fingerprint density at radius 2 is 2.00 bits per heavy atom. The zero-order chi connectivity index (χ0) is 22.2. The van der Waals surface area contributed by atoms with Gasteiger partial charge in [0.25, 0.3) is 0 Å². The minimum atomic E-state index is -0.884. The van der Waals surface area contributed by atoms with E-state index in [4.69, 9.17) is 28.2 Å². The van der Waals surface area contributed by atoms with Crippen LogP contribution in [-0.4, -0.2) is 45.2 Å². The van der Waals surface area contributed by atoms with Crippen molar-refractivity contribution >= 4 is 35.2 Å². The summed E-state index contributed by atoms with van der Waals surface area (Å²) in [6, 6.07) is 14.1. The molecule has 2 aliphatic rings. The summed E-state index contributed by atoms with van der Waals surface area (Å²) < 4.78 is 0. The zero-order valence-corrected chi connectivity index (χ0v) is 18.8. The smallest absolute Gasteiger partial charge is 0.407 e. The van der Waals surface area contributed by atoms with Crippen molar-refractivity contribution in [1.82, 2.24) is 14.9 Å². The van der Waals surface area contributed by atoms with E-state index < -0.39 is 6.09 Å². The first-order valence-corrected chi connectivity index (χ1v) is 11.4. The minimum Gasteiger partial charge on any atom is -0.465 e. The molecule has 2 atom stereocenters. The number of hydrogen-bond acceptors (Lipinski definition) is 4. The fourth-order valence-corrected chi connectivity index (χ4v) is 4.99. The summed E-state index contributed by atoms with van der Waals surface area (Å²) in [6.45, 7) is 1.01. The maximum absolute atomic E-state index is 11.3. The van der Waals surface area contributed by atoms with Crippen LogP contribution in [0.4, 0.5) is 10.7 Å². The van der Waals surface area contributed by atoms with Gasteiger partial charge in [-0.15, -0.1) is 0 Å². The highest BCUT2D eigenvalue weighted by Gasteiger charge is 2.29. The molecule has 1 aliphatic heterocycles. The number of likely N-dealkylation sites (tertiary alicyclic amines) is 1. The first-order valence-electron chi connectivity index (χ1n) is 10.6. The molecule has 0 spiro atoms. The first kappa shape index (κ1) is 21.0. The van der Waals surface area contributed by atoms with Crippen LogP contribution in [0.25, 0.3) is 11.3 Å². The summed E-state index contributed by atoms with van der Waals surface area (Å²) >= 11 is 12.4. The van der Waals surface area contributed by atoms with Gasteiger partial charge in [0.05, 0.1) is 15.7 Å². The largest absolute Gasteiger partial charge is 0.465 e. The van der Waals surface area contributed by atoms with E-state index in [-0.39, 0.29) is 12.0 Å². The van der Waals surface area contributed by atoms with Gasteiger partial charge in [-0.1, -0.05) is 53.5 Å². The number of amides is 1. The molecule has 8 heteroatoms. The fraction of sp³-hybridized carbons (Fsp3) is 0.292. The van der Waals surface area contributed by atoms with E-state index in [1.165, 1.54) is 10.5 Å². The van der Waals surface area contributed by atoms with Gasteiger partial charge in [-0.3, -0.25) is 0 Å². The van der Waals surface area contributed by atoms with Crippen molar-refractivity contribution in [3.63, 3.8) is 0 Å². The summed E-state index contributed by atoms with van der Waals surface area (Å²) in [4.78, 5) is 22.2. The number of carbonyl (C=O) groups is 1. The predicted molar refractivity (Wildman–Crippen MR) is 126 cm³/mol. The van der Waals surface area contributed by atoms with Gasteiger partial charge in [-0.05, 0) is 48.1 Å². The molecule has 6 nitrogen and oxygen atoms in total. The Labute approximate surface area is 196 Å². The quantitative estimate of drug-likeness (QED) is 0.515. The van der Waals surface area contributed by atoms with Crippen molar-refractivity contribution in [3.8, 4) is 11.3 Å². The van der Waals surface area contributed by atoms with Gasteiger partial charge < -0.3 is 15.3 Å². The molecule has 1 unspecified atom stereocenters. The molecule has 32 heavy (non-hydrogen) atoms. The maximum atomic E-state index is 11.3. The van der Waals surface area contributed by atoms with Gasteiger partial charge in [-0.25, -0.2) is 14.8 Å². The Morgan fingerprint density at radius 3 is 2.81 bits per heavy atom. The minimum absolute atomic E-state index is 0.000641. The van der Waals surface area contributed by atoms with Gasteiger partial charge in [0.2, 0.25) is 5.95 Å². The Balaban J connectivity index is 1.45. The van der Waals surface area contributed by atoms with Crippen LogP contribution in [0.5, 0.6) is 0 Å². The van der Waals surface area contributed by atoms with Gasteiger partial charge >= 0.3 is 6.09 Å². The standard InChI is InChI=1S/C24H22Cl2N4O2/c25-20-8-7-14(11-21(20)26)19-10-15-12-27-23(28-16-4-3-9-30(13-16)24(31)32)29-22(15)18-6-2-1-5-17(18)19/h1-2,5-8,11-12,16,19H,3-4,9-10,13H2,(H,31,32)(H,27,28,29)/t16?,19-/m1/s1. The number of nitrogens with one attached hydrogen (secondary N) is 1. The van der Waals surface area contributed by atoms with Crippen LogP contribution >= 0.6 is 23.2 Å². The summed E-state index contributed by atoms with van der Waals surface area (Å²) in [5.41, 5.74) is 5.36. The molecule has 1 aliphatic carbocycles. The van der Waals surface area contributed by atoms with E-state index in [0.717, 1.165) is 41.6 Å². The van der Waals surface area contributed by atoms with Crippen LogP contribution in [0.15, 0.2) is 48.7 Å². The molecule has 1 saturated heterocycles. The van der Waals surface area contributed by atoms with Crippen molar-refractivity contribution in [1.29, 1.82) is 0 Å². The Hall–Kier alpha value is -2.83. The molecule has 1 amide bonds. The lowest BCUT2D eigenvalue weighted by atomic mass is 9.78. The number of hydrogen-bond donors (Lipinski definition) is 2.